The normalized spacial score (nSPS) is 20.8. The van der Waals surface area contributed by atoms with Crippen LogP contribution in [-0.2, 0) is 0 Å². The molecule has 0 radical (unpaired) electrons. The van der Waals surface area contributed by atoms with Gasteiger partial charge in [-0.25, -0.2) is 0 Å². The van der Waals surface area contributed by atoms with Crippen molar-refractivity contribution >= 4 is 0 Å². The average molecular weight is 197 g/mol. The molecular formula is C8H14F3NO. The van der Waals surface area contributed by atoms with E-state index in [0.717, 1.165) is 12.8 Å². The molecule has 1 fully saturated rings. The van der Waals surface area contributed by atoms with Crippen LogP contribution in [0.15, 0.2) is 0 Å². The van der Waals surface area contributed by atoms with Gasteiger partial charge in [0.15, 0.2) is 0 Å². The Morgan fingerprint density at radius 1 is 1.46 bits per heavy atom. The van der Waals surface area contributed by atoms with Crippen LogP contribution in [0.3, 0.4) is 0 Å². The predicted octanol–water partition coefficient (Wildman–Crippen LogP) is 1.39. The van der Waals surface area contributed by atoms with Crippen molar-refractivity contribution in [3.63, 3.8) is 0 Å². The summed E-state index contributed by atoms with van der Waals surface area (Å²) in [5, 5.41) is 8.99. The van der Waals surface area contributed by atoms with E-state index in [4.69, 9.17) is 5.11 Å². The first-order valence-corrected chi connectivity index (χ1v) is 4.37. The Bertz CT molecular complexity index is 165. The van der Waals surface area contributed by atoms with Crippen molar-refractivity contribution in [3.8, 4) is 0 Å². The monoisotopic (exact) mass is 197 g/mol. The fourth-order valence-corrected chi connectivity index (χ4v) is 1.35. The third kappa shape index (κ3) is 4.47. The lowest BCUT2D eigenvalue weighted by Crippen LogP contribution is -2.39. The summed E-state index contributed by atoms with van der Waals surface area (Å²) in [6.07, 6.45) is -3.20. The molecule has 2 nitrogen and oxygen atoms in total. The van der Waals surface area contributed by atoms with Crippen LogP contribution < -0.4 is 0 Å². The Kier molecular flexibility index (Phi) is 3.18. The molecule has 0 aromatic rings. The second-order valence-electron chi connectivity index (χ2n) is 3.62. The minimum atomic E-state index is -4.16. The number of aliphatic hydroxyl groups excluding tert-OH is 1. The molecule has 0 heterocycles. The molecule has 1 aliphatic carbocycles. The van der Waals surface area contributed by atoms with Crippen LogP contribution in [0.5, 0.6) is 0 Å². The molecule has 13 heavy (non-hydrogen) atoms. The Morgan fingerprint density at radius 2 is 2.00 bits per heavy atom. The number of rotatable bonds is 4. The highest BCUT2D eigenvalue weighted by Gasteiger charge is 2.38. The molecule has 1 aliphatic rings. The molecule has 1 N–H and O–H groups in total. The molecule has 0 aromatic carbocycles. The molecular weight excluding hydrogens is 183 g/mol. The van der Waals surface area contributed by atoms with Gasteiger partial charge < -0.3 is 5.11 Å². The minimum absolute atomic E-state index is 0.0382. The van der Waals surface area contributed by atoms with Crippen LogP contribution in [0.4, 0.5) is 13.2 Å². The highest BCUT2D eigenvalue weighted by Crippen LogP contribution is 2.29. The summed E-state index contributed by atoms with van der Waals surface area (Å²) < 4.78 is 36.1. The summed E-state index contributed by atoms with van der Waals surface area (Å²) >= 11 is 0. The molecule has 0 saturated heterocycles. The van der Waals surface area contributed by atoms with E-state index in [2.05, 4.69) is 0 Å². The summed E-state index contributed by atoms with van der Waals surface area (Å²) in [5.41, 5.74) is 0. The van der Waals surface area contributed by atoms with Gasteiger partial charge in [-0.3, -0.25) is 4.90 Å². The van der Waals surface area contributed by atoms with Crippen LogP contribution in [0, 0.1) is 0 Å². The number of hydrogen-bond acceptors (Lipinski definition) is 2. The third-order valence-electron chi connectivity index (χ3n) is 1.94. The Balaban J connectivity index is 2.38. The van der Waals surface area contributed by atoms with E-state index in [1.54, 1.807) is 0 Å². The van der Waals surface area contributed by atoms with Crippen molar-refractivity contribution < 1.29 is 18.3 Å². The van der Waals surface area contributed by atoms with Crippen molar-refractivity contribution in [1.29, 1.82) is 0 Å². The maximum Gasteiger partial charge on any atom is 0.401 e. The fourth-order valence-electron chi connectivity index (χ4n) is 1.35. The molecule has 5 heteroatoms. The molecule has 78 valence electrons. The van der Waals surface area contributed by atoms with Gasteiger partial charge in [-0.15, -0.1) is 0 Å². The van der Waals surface area contributed by atoms with Crippen molar-refractivity contribution in [2.45, 2.75) is 38.1 Å². The second-order valence-corrected chi connectivity index (χ2v) is 3.62. The van der Waals surface area contributed by atoms with Crippen LogP contribution in [0.1, 0.15) is 19.8 Å². The Morgan fingerprint density at radius 3 is 2.31 bits per heavy atom. The number of halogens is 3. The van der Waals surface area contributed by atoms with E-state index in [1.165, 1.54) is 11.8 Å². The van der Waals surface area contributed by atoms with Crippen LogP contribution in [0.25, 0.3) is 0 Å². The number of nitrogens with zero attached hydrogens (tertiary/aromatic N) is 1. The largest absolute Gasteiger partial charge is 0.401 e. The van der Waals surface area contributed by atoms with Gasteiger partial charge in [0.2, 0.25) is 0 Å². The number of hydrogen-bond donors (Lipinski definition) is 1. The quantitative estimate of drug-likeness (QED) is 0.736. The van der Waals surface area contributed by atoms with Crippen molar-refractivity contribution in [2.24, 2.45) is 0 Å². The number of alkyl halides is 3. The van der Waals surface area contributed by atoms with Gasteiger partial charge in [0.05, 0.1) is 12.6 Å². The van der Waals surface area contributed by atoms with Gasteiger partial charge in [-0.05, 0) is 19.8 Å². The van der Waals surface area contributed by atoms with E-state index >= 15 is 0 Å². The molecule has 0 aromatic heterocycles. The van der Waals surface area contributed by atoms with Gasteiger partial charge in [0.25, 0.3) is 0 Å². The summed E-state index contributed by atoms with van der Waals surface area (Å²) in [6.45, 7) is 0.721. The SMILES string of the molecule is C[C@@H](O)CN(CC(F)(F)F)C1CC1. The summed E-state index contributed by atoms with van der Waals surface area (Å²) in [6, 6.07) is 0.0382. The molecule has 1 saturated carbocycles. The molecule has 0 spiro atoms. The maximum absolute atomic E-state index is 12.0. The topological polar surface area (TPSA) is 23.5 Å². The van der Waals surface area contributed by atoms with Gasteiger partial charge in [-0.2, -0.15) is 13.2 Å². The first kappa shape index (κ1) is 10.8. The fraction of sp³-hybridized carbons (Fsp3) is 1.00. The molecule has 0 unspecified atom stereocenters. The van der Waals surface area contributed by atoms with E-state index in [9.17, 15) is 13.2 Å². The van der Waals surface area contributed by atoms with Crippen LogP contribution in [-0.4, -0.2) is 41.4 Å². The van der Waals surface area contributed by atoms with Crippen molar-refractivity contribution in [3.05, 3.63) is 0 Å². The van der Waals surface area contributed by atoms with Gasteiger partial charge in [0.1, 0.15) is 0 Å². The van der Waals surface area contributed by atoms with E-state index in [1.807, 2.05) is 0 Å². The molecule has 1 atom stereocenters. The average Bonchev–Trinajstić information content (AvgIpc) is 2.60. The minimum Gasteiger partial charge on any atom is -0.392 e. The first-order chi connectivity index (χ1) is 5.88. The van der Waals surface area contributed by atoms with Crippen molar-refractivity contribution in [2.75, 3.05) is 13.1 Å². The first-order valence-electron chi connectivity index (χ1n) is 4.37. The highest BCUT2D eigenvalue weighted by atomic mass is 19.4. The number of aliphatic hydroxyl groups is 1. The standard InChI is InChI=1S/C8H14F3NO/c1-6(13)4-12(7-2-3-7)5-8(9,10)11/h6-7,13H,2-5H2,1H3/t6-/m1/s1. The molecule has 0 bridgehead atoms. The van der Waals surface area contributed by atoms with Crippen molar-refractivity contribution in [1.82, 2.24) is 4.90 Å². The zero-order chi connectivity index (χ0) is 10.1. The summed E-state index contributed by atoms with van der Waals surface area (Å²) in [4.78, 5) is 1.31. The van der Waals surface area contributed by atoms with Gasteiger partial charge in [-0.1, -0.05) is 0 Å². The summed E-state index contributed by atoms with van der Waals surface area (Å²) in [7, 11) is 0. The Labute approximate surface area is 75.3 Å². The van der Waals surface area contributed by atoms with E-state index in [0.29, 0.717) is 0 Å². The van der Waals surface area contributed by atoms with Crippen LogP contribution in [0.2, 0.25) is 0 Å². The summed E-state index contributed by atoms with van der Waals surface area (Å²) in [5.74, 6) is 0. The molecule has 0 aliphatic heterocycles. The second kappa shape index (κ2) is 3.84. The highest BCUT2D eigenvalue weighted by molar-refractivity contribution is 4.86. The zero-order valence-electron chi connectivity index (χ0n) is 7.51. The lowest BCUT2D eigenvalue weighted by molar-refractivity contribution is -0.149. The van der Waals surface area contributed by atoms with Gasteiger partial charge in [0, 0.05) is 12.6 Å². The maximum atomic E-state index is 12.0. The lowest BCUT2D eigenvalue weighted by Gasteiger charge is -2.24. The van der Waals surface area contributed by atoms with E-state index < -0.39 is 18.8 Å². The smallest absolute Gasteiger partial charge is 0.392 e. The zero-order valence-corrected chi connectivity index (χ0v) is 7.51. The molecule has 1 rings (SSSR count). The van der Waals surface area contributed by atoms with Gasteiger partial charge >= 0.3 is 6.18 Å². The predicted molar refractivity (Wildman–Crippen MR) is 42.3 cm³/mol. The Hall–Kier alpha value is -0.290. The van der Waals surface area contributed by atoms with Crippen LogP contribution >= 0.6 is 0 Å². The lowest BCUT2D eigenvalue weighted by atomic mass is 10.3. The van der Waals surface area contributed by atoms with E-state index in [-0.39, 0.29) is 12.6 Å². The third-order valence-corrected chi connectivity index (χ3v) is 1.94. The molecule has 0 amide bonds.